The Labute approximate surface area is 177 Å². The second-order valence-corrected chi connectivity index (χ2v) is 7.43. The predicted octanol–water partition coefficient (Wildman–Crippen LogP) is 2.34. The zero-order chi connectivity index (χ0) is 21.5. The van der Waals surface area contributed by atoms with Gasteiger partial charge in [0.15, 0.2) is 0 Å². The van der Waals surface area contributed by atoms with Crippen LogP contribution in [-0.4, -0.2) is 29.2 Å². The molecule has 0 aliphatic rings. The number of thiophene rings is 1. The number of nitrogen functional groups attached to an aromatic ring is 1. The van der Waals surface area contributed by atoms with Crippen LogP contribution in [0.15, 0.2) is 65.2 Å². The van der Waals surface area contributed by atoms with E-state index in [9.17, 15) is 9.59 Å². The Morgan fingerprint density at radius 1 is 1.20 bits per heavy atom. The first-order valence-electron chi connectivity index (χ1n) is 9.22. The Morgan fingerprint density at radius 2 is 2.03 bits per heavy atom. The van der Waals surface area contributed by atoms with Crippen molar-refractivity contribution in [3.05, 3.63) is 76.2 Å². The van der Waals surface area contributed by atoms with E-state index in [4.69, 9.17) is 17.2 Å². The number of pyridine rings is 1. The smallest absolute Gasteiger partial charge is 0.288 e. The second kappa shape index (κ2) is 9.77. The van der Waals surface area contributed by atoms with Crippen molar-refractivity contribution in [1.82, 2.24) is 4.98 Å². The Kier molecular flexibility index (Phi) is 6.89. The van der Waals surface area contributed by atoms with Gasteiger partial charge in [-0.15, -0.1) is 11.3 Å². The molecule has 3 rings (SSSR count). The van der Waals surface area contributed by atoms with Gasteiger partial charge in [-0.25, -0.2) is 0 Å². The lowest BCUT2D eigenvalue weighted by Crippen LogP contribution is -2.24. The second-order valence-electron chi connectivity index (χ2n) is 6.49. The molecule has 30 heavy (non-hydrogen) atoms. The Balaban J connectivity index is 1.82. The molecule has 1 unspecified atom stereocenters. The molecule has 8 nitrogen and oxygen atoms in total. The average Bonchev–Trinajstić information content (AvgIpc) is 3.29. The van der Waals surface area contributed by atoms with Gasteiger partial charge in [0.25, 0.3) is 5.91 Å². The Morgan fingerprint density at radius 3 is 2.70 bits per heavy atom. The van der Waals surface area contributed by atoms with E-state index in [-0.39, 0.29) is 11.7 Å². The van der Waals surface area contributed by atoms with E-state index >= 15 is 0 Å². The van der Waals surface area contributed by atoms with Gasteiger partial charge in [0, 0.05) is 29.3 Å². The third-order valence-corrected chi connectivity index (χ3v) is 5.27. The van der Waals surface area contributed by atoms with Crippen LogP contribution < -0.4 is 22.5 Å². The molecule has 0 aliphatic heterocycles. The average molecular weight is 423 g/mol. The molecule has 0 bridgehead atoms. The van der Waals surface area contributed by atoms with Crippen molar-refractivity contribution in [2.24, 2.45) is 16.5 Å². The molecule has 7 N–H and O–H groups in total. The van der Waals surface area contributed by atoms with Crippen LogP contribution in [0.2, 0.25) is 0 Å². The van der Waals surface area contributed by atoms with Crippen molar-refractivity contribution in [2.75, 3.05) is 17.6 Å². The summed E-state index contributed by atoms with van der Waals surface area (Å²) >= 11 is 1.27. The number of benzene rings is 1. The molecular formula is C21H22N6O2S. The number of nitrogens with one attached hydrogen (secondary N) is 1. The number of carbonyl (C=O) groups is 2. The predicted molar refractivity (Wildman–Crippen MR) is 120 cm³/mol. The minimum atomic E-state index is -0.448. The fraction of sp³-hybridized carbons (Fsp3) is 0.143. The molecule has 154 valence electrons. The van der Waals surface area contributed by atoms with Crippen molar-refractivity contribution in [1.29, 1.82) is 0 Å². The minimum absolute atomic E-state index is 0.0206. The molecule has 0 spiro atoms. The van der Waals surface area contributed by atoms with Crippen LogP contribution in [0.4, 0.5) is 11.4 Å². The van der Waals surface area contributed by atoms with Crippen LogP contribution in [0.5, 0.6) is 0 Å². The highest BCUT2D eigenvalue weighted by atomic mass is 32.1. The quantitative estimate of drug-likeness (QED) is 0.261. The fourth-order valence-electron chi connectivity index (χ4n) is 2.91. The molecule has 0 fully saturated rings. The topological polar surface area (TPSA) is 149 Å². The summed E-state index contributed by atoms with van der Waals surface area (Å²) in [6.07, 6.45) is 3.76. The fourth-order valence-corrected chi connectivity index (χ4v) is 3.52. The number of hydrogen-bond donors (Lipinski definition) is 4. The third-order valence-electron chi connectivity index (χ3n) is 4.41. The molecule has 0 radical (unpaired) electrons. The third kappa shape index (κ3) is 5.07. The van der Waals surface area contributed by atoms with Crippen molar-refractivity contribution < 1.29 is 9.59 Å². The zero-order valence-electron chi connectivity index (χ0n) is 16.1. The summed E-state index contributed by atoms with van der Waals surface area (Å²) in [6.45, 7) is 0.352. The normalized spacial score (nSPS) is 12.4. The van der Waals surface area contributed by atoms with Gasteiger partial charge in [-0.05, 0) is 54.2 Å². The molecule has 2 amide bonds. The van der Waals surface area contributed by atoms with E-state index in [0.717, 1.165) is 5.56 Å². The number of nitrogens with two attached hydrogens (primary N) is 3. The number of amides is 2. The van der Waals surface area contributed by atoms with Crippen LogP contribution in [0, 0.1) is 0 Å². The van der Waals surface area contributed by atoms with Gasteiger partial charge in [-0.3, -0.25) is 14.6 Å². The maximum Gasteiger partial charge on any atom is 0.288 e. The van der Waals surface area contributed by atoms with Gasteiger partial charge in [0.05, 0.1) is 10.8 Å². The first-order chi connectivity index (χ1) is 14.5. The van der Waals surface area contributed by atoms with Crippen LogP contribution in [0.1, 0.15) is 33.1 Å². The number of anilines is 2. The van der Waals surface area contributed by atoms with Crippen LogP contribution >= 0.6 is 11.3 Å². The van der Waals surface area contributed by atoms with Crippen LogP contribution in [0.25, 0.3) is 0 Å². The zero-order valence-corrected chi connectivity index (χ0v) is 16.9. The number of carbonyl (C=O) groups excluding carboxylic acids is 2. The van der Waals surface area contributed by atoms with Gasteiger partial charge in [0.2, 0.25) is 5.91 Å². The lowest BCUT2D eigenvalue weighted by Gasteiger charge is -2.17. The summed E-state index contributed by atoms with van der Waals surface area (Å²) < 4.78 is 0. The lowest BCUT2D eigenvalue weighted by atomic mass is 9.96. The molecule has 1 aromatic carbocycles. The molecular weight excluding hydrogens is 400 g/mol. The maximum atomic E-state index is 12.9. The molecule has 2 aromatic heterocycles. The van der Waals surface area contributed by atoms with Crippen molar-refractivity contribution >= 4 is 40.4 Å². The standard InChI is InChI=1S/C21H22N6O2S/c22-8-7-15(13-3-1-9-25-12-13)20(28)26-14-5-6-17(23)16(11-14)19(24)27-21(29)18-4-2-10-30-18/h1-6,9-12,15H,7-8,22-23H2,(H,26,28)(H2,24,27,29). The molecule has 9 heteroatoms. The summed E-state index contributed by atoms with van der Waals surface area (Å²) in [6, 6.07) is 11.9. The minimum Gasteiger partial charge on any atom is -0.398 e. The highest BCUT2D eigenvalue weighted by Gasteiger charge is 2.21. The summed E-state index contributed by atoms with van der Waals surface area (Å²) in [7, 11) is 0. The van der Waals surface area contributed by atoms with E-state index in [0.29, 0.717) is 34.8 Å². The Bertz CT molecular complexity index is 1050. The first-order valence-corrected chi connectivity index (χ1v) is 10.1. The molecule has 0 saturated heterocycles. The number of amidine groups is 1. The van der Waals surface area contributed by atoms with Crippen LogP contribution in [-0.2, 0) is 4.79 Å². The molecule has 3 aromatic rings. The largest absolute Gasteiger partial charge is 0.398 e. The van der Waals surface area contributed by atoms with Crippen molar-refractivity contribution in [3.8, 4) is 0 Å². The Hall–Kier alpha value is -3.56. The summed E-state index contributed by atoms with van der Waals surface area (Å²) in [5.74, 6) is -1.14. The summed E-state index contributed by atoms with van der Waals surface area (Å²) in [4.78, 5) is 33.5. The monoisotopic (exact) mass is 422 g/mol. The van der Waals surface area contributed by atoms with Gasteiger partial charge in [-0.1, -0.05) is 12.1 Å². The highest BCUT2D eigenvalue weighted by molar-refractivity contribution is 7.12. The molecule has 0 saturated carbocycles. The summed E-state index contributed by atoms with van der Waals surface area (Å²) in [5.41, 5.74) is 19.7. The van der Waals surface area contributed by atoms with E-state index in [2.05, 4.69) is 15.3 Å². The van der Waals surface area contributed by atoms with Crippen LogP contribution in [0.3, 0.4) is 0 Å². The van der Waals surface area contributed by atoms with Gasteiger partial charge < -0.3 is 22.5 Å². The van der Waals surface area contributed by atoms with Gasteiger partial charge >= 0.3 is 0 Å². The van der Waals surface area contributed by atoms with Gasteiger partial charge in [-0.2, -0.15) is 4.99 Å². The van der Waals surface area contributed by atoms with Gasteiger partial charge in [0.1, 0.15) is 5.84 Å². The highest BCUT2D eigenvalue weighted by Crippen LogP contribution is 2.23. The molecule has 0 aliphatic carbocycles. The molecule has 2 heterocycles. The first kappa shape index (κ1) is 21.2. The van der Waals surface area contributed by atoms with E-state index in [1.165, 1.54) is 11.3 Å². The number of rotatable bonds is 7. The summed E-state index contributed by atoms with van der Waals surface area (Å²) in [5, 5.41) is 4.64. The SMILES string of the molecule is NCCC(C(=O)Nc1ccc(N)c(C(N)=NC(=O)c2cccs2)c1)c1cccnc1. The van der Waals surface area contributed by atoms with E-state index in [1.54, 1.807) is 54.2 Å². The maximum absolute atomic E-state index is 12.9. The number of nitrogens with zero attached hydrogens (tertiary/aromatic N) is 2. The van der Waals surface area contributed by atoms with Crippen molar-refractivity contribution in [2.45, 2.75) is 12.3 Å². The van der Waals surface area contributed by atoms with E-state index in [1.807, 2.05) is 6.07 Å². The lowest BCUT2D eigenvalue weighted by molar-refractivity contribution is -0.117. The van der Waals surface area contributed by atoms with E-state index < -0.39 is 11.8 Å². The molecule has 1 atom stereocenters. The number of hydrogen-bond acceptors (Lipinski definition) is 6. The number of aromatic nitrogens is 1. The van der Waals surface area contributed by atoms with Crippen molar-refractivity contribution in [3.63, 3.8) is 0 Å². The number of aliphatic imine (C=N–C) groups is 1.